The van der Waals surface area contributed by atoms with E-state index < -0.39 is 0 Å². The highest BCUT2D eigenvalue weighted by molar-refractivity contribution is 5.17. The summed E-state index contributed by atoms with van der Waals surface area (Å²) < 4.78 is 0. The van der Waals surface area contributed by atoms with E-state index in [2.05, 4.69) is 42.8 Å². The van der Waals surface area contributed by atoms with Crippen molar-refractivity contribution in [1.29, 1.82) is 0 Å². The molecule has 0 amide bonds. The zero-order valence-electron chi connectivity index (χ0n) is 11.7. The number of rotatable bonds is 4. The number of likely N-dealkylation sites (tertiary alicyclic amines) is 1. The van der Waals surface area contributed by atoms with Crippen LogP contribution < -0.4 is 5.73 Å². The highest BCUT2D eigenvalue weighted by Gasteiger charge is 2.32. The van der Waals surface area contributed by atoms with Crippen LogP contribution in [0.2, 0.25) is 0 Å². The van der Waals surface area contributed by atoms with E-state index in [1.165, 1.54) is 18.5 Å². The van der Waals surface area contributed by atoms with E-state index in [4.69, 9.17) is 5.73 Å². The number of pyridine rings is 1. The molecule has 0 radical (unpaired) electrons. The third-order valence-electron chi connectivity index (χ3n) is 4.14. The number of hydrogen-bond acceptors (Lipinski definition) is 3. The van der Waals surface area contributed by atoms with Gasteiger partial charge in [0.15, 0.2) is 0 Å². The summed E-state index contributed by atoms with van der Waals surface area (Å²) in [6.45, 7) is 9.08. The molecule has 1 fully saturated rings. The molecule has 1 aliphatic heterocycles. The molecule has 3 heteroatoms. The van der Waals surface area contributed by atoms with Gasteiger partial charge in [-0.05, 0) is 49.4 Å². The summed E-state index contributed by atoms with van der Waals surface area (Å²) >= 11 is 0. The van der Waals surface area contributed by atoms with Gasteiger partial charge < -0.3 is 5.73 Å². The summed E-state index contributed by atoms with van der Waals surface area (Å²) in [6.07, 6.45) is 5.02. The largest absolute Gasteiger partial charge is 0.326 e. The summed E-state index contributed by atoms with van der Waals surface area (Å²) in [7, 11) is 0. The fourth-order valence-corrected chi connectivity index (χ4v) is 3.02. The van der Waals surface area contributed by atoms with Gasteiger partial charge >= 0.3 is 0 Å². The predicted molar refractivity (Wildman–Crippen MR) is 75.1 cm³/mol. The van der Waals surface area contributed by atoms with E-state index in [-0.39, 0.29) is 6.04 Å². The van der Waals surface area contributed by atoms with E-state index in [0.29, 0.717) is 6.04 Å². The zero-order chi connectivity index (χ0) is 13.1. The molecule has 0 aliphatic carbocycles. The molecule has 2 rings (SSSR count). The molecule has 0 bridgehead atoms. The highest BCUT2D eigenvalue weighted by atomic mass is 15.2. The van der Waals surface area contributed by atoms with Crippen LogP contribution in [-0.2, 0) is 0 Å². The average molecular weight is 247 g/mol. The second-order valence-electron chi connectivity index (χ2n) is 5.87. The van der Waals surface area contributed by atoms with Gasteiger partial charge in [-0.3, -0.25) is 9.88 Å². The molecular weight excluding hydrogens is 222 g/mol. The molecule has 1 aromatic rings. The van der Waals surface area contributed by atoms with E-state index in [9.17, 15) is 0 Å². The molecule has 1 saturated heterocycles. The van der Waals surface area contributed by atoms with Gasteiger partial charge in [0.1, 0.15) is 0 Å². The molecule has 3 unspecified atom stereocenters. The van der Waals surface area contributed by atoms with Crippen molar-refractivity contribution in [1.82, 2.24) is 9.88 Å². The Balaban J connectivity index is 2.13. The Hall–Kier alpha value is -0.930. The molecule has 1 aliphatic rings. The lowest BCUT2D eigenvalue weighted by Gasteiger charge is -2.31. The lowest BCUT2D eigenvalue weighted by atomic mass is 9.95. The minimum atomic E-state index is 0.151. The summed E-state index contributed by atoms with van der Waals surface area (Å²) in [5.41, 5.74) is 7.50. The lowest BCUT2D eigenvalue weighted by Crippen LogP contribution is -2.38. The molecule has 3 nitrogen and oxygen atoms in total. The van der Waals surface area contributed by atoms with Crippen LogP contribution in [0.4, 0.5) is 0 Å². The molecule has 0 saturated carbocycles. The second-order valence-corrected chi connectivity index (χ2v) is 5.87. The normalized spacial score (nSPS) is 24.4. The van der Waals surface area contributed by atoms with Crippen molar-refractivity contribution in [2.45, 2.75) is 39.3 Å². The van der Waals surface area contributed by atoms with Crippen LogP contribution in [0.5, 0.6) is 0 Å². The van der Waals surface area contributed by atoms with Gasteiger partial charge in [-0.25, -0.2) is 0 Å². The van der Waals surface area contributed by atoms with Crippen LogP contribution in [-0.4, -0.2) is 29.0 Å². The van der Waals surface area contributed by atoms with Crippen molar-refractivity contribution >= 4 is 0 Å². The Kier molecular flexibility index (Phi) is 4.36. The first-order valence-corrected chi connectivity index (χ1v) is 6.99. The van der Waals surface area contributed by atoms with Crippen molar-refractivity contribution < 1.29 is 0 Å². The third kappa shape index (κ3) is 2.90. The molecule has 2 heterocycles. The van der Waals surface area contributed by atoms with Crippen LogP contribution >= 0.6 is 0 Å². The monoisotopic (exact) mass is 247 g/mol. The Morgan fingerprint density at radius 3 is 2.44 bits per heavy atom. The van der Waals surface area contributed by atoms with Crippen LogP contribution in [0.1, 0.15) is 38.8 Å². The van der Waals surface area contributed by atoms with Gasteiger partial charge in [0.05, 0.1) is 0 Å². The molecule has 2 N–H and O–H groups in total. The first-order valence-electron chi connectivity index (χ1n) is 6.99. The SMILES string of the molecule is CC(C)C1CCN(C(c2ccncc2)C(C)N)C1. The van der Waals surface area contributed by atoms with Gasteiger partial charge in [0.25, 0.3) is 0 Å². The summed E-state index contributed by atoms with van der Waals surface area (Å²) in [5.74, 6) is 1.58. The van der Waals surface area contributed by atoms with Gasteiger partial charge in [0.2, 0.25) is 0 Å². The number of hydrogen-bond donors (Lipinski definition) is 1. The fourth-order valence-electron chi connectivity index (χ4n) is 3.02. The van der Waals surface area contributed by atoms with Gasteiger partial charge in [-0.1, -0.05) is 13.8 Å². The van der Waals surface area contributed by atoms with Crippen LogP contribution in [0.3, 0.4) is 0 Å². The second kappa shape index (κ2) is 5.81. The van der Waals surface area contributed by atoms with Gasteiger partial charge in [-0.15, -0.1) is 0 Å². The van der Waals surface area contributed by atoms with Crippen molar-refractivity contribution in [2.75, 3.05) is 13.1 Å². The average Bonchev–Trinajstić information content (AvgIpc) is 2.79. The molecule has 3 atom stereocenters. The summed E-state index contributed by atoms with van der Waals surface area (Å²) in [6, 6.07) is 4.67. The highest BCUT2D eigenvalue weighted by Crippen LogP contribution is 2.32. The molecule has 100 valence electrons. The smallest absolute Gasteiger partial charge is 0.0497 e. The quantitative estimate of drug-likeness (QED) is 0.888. The molecule has 0 aromatic carbocycles. The Bertz CT molecular complexity index is 361. The zero-order valence-corrected chi connectivity index (χ0v) is 11.7. The van der Waals surface area contributed by atoms with Gasteiger partial charge in [-0.2, -0.15) is 0 Å². The lowest BCUT2D eigenvalue weighted by molar-refractivity contribution is 0.204. The topological polar surface area (TPSA) is 42.2 Å². The first kappa shape index (κ1) is 13.5. The van der Waals surface area contributed by atoms with Crippen molar-refractivity contribution in [3.05, 3.63) is 30.1 Å². The molecule has 18 heavy (non-hydrogen) atoms. The summed E-state index contributed by atoms with van der Waals surface area (Å²) in [5, 5.41) is 0. The van der Waals surface area contributed by atoms with E-state index in [0.717, 1.165) is 18.4 Å². The molecule has 0 spiro atoms. The van der Waals surface area contributed by atoms with Crippen molar-refractivity contribution in [3.8, 4) is 0 Å². The summed E-state index contributed by atoms with van der Waals surface area (Å²) in [4.78, 5) is 6.64. The molecular formula is C15H25N3. The molecule has 1 aromatic heterocycles. The standard InChI is InChI=1S/C15H25N3/c1-11(2)14-6-9-18(10-14)15(12(3)16)13-4-7-17-8-5-13/h4-5,7-8,11-12,14-15H,6,9-10,16H2,1-3H3. The minimum absolute atomic E-state index is 0.151. The number of aromatic nitrogens is 1. The third-order valence-corrected chi connectivity index (χ3v) is 4.14. The number of nitrogens with two attached hydrogens (primary N) is 1. The van der Waals surface area contributed by atoms with Gasteiger partial charge in [0, 0.05) is 31.0 Å². The maximum Gasteiger partial charge on any atom is 0.0497 e. The number of nitrogens with zero attached hydrogens (tertiary/aromatic N) is 2. The van der Waals surface area contributed by atoms with Crippen molar-refractivity contribution in [3.63, 3.8) is 0 Å². The Labute approximate surface area is 110 Å². The van der Waals surface area contributed by atoms with Crippen molar-refractivity contribution in [2.24, 2.45) is 17.6 Å². The van der Waals surface area contributed by atoms with E-state index >= 15 is 0 Å². The van der Waals surface area contributed by atoms with E-state index in [1.807, 2.05) is 12.4 Å². The maximum absolute atomic E-state index is 6.21. The van der Waals surface area contributed by atoms with Crippen LogP contribution in [0.25, 0.3) is 0 Å². The van der Waals surface area contributed by atoms with Crippen LogP contribution in [0, 0.1) is 11.8 Å². The fraction of sp³-hybridized carbons (Fsp3) is 0.667. The van der Waals surface area contributed by atoms with Crippen LogP contribution in [0.15, 0.2) is 24.5 Å². The maximum atomic E-state index is 6.21. The Morgan fingerprint density at radius 1 is 1.28 bits per heavy atom. The van der Waals surface area contributed by atoms with E-state index in [1.54, 1.807) is 0 Å². The predicted octanol–water partition coefficient (Wildman–Crippen LogP) is 2.45. The first-order chi connectivity index (χ1) is 8.59. The Morgan fingerprint density at radius 2 is 1.94 bits per heavy atom. The minimum Gasteiger partial charge on any atom is -0.326 e.